The second-order valence-electron chi connectivity index (χ2n) is 7.23. The van der Waals surface area contributed by atoms with Crippen LogP contribution in [0.4, 0.5) is 5.69 Å². The topological polar surface area (TPSA) is 118 Å². The quantitative estimate of drug-likeness (QED) is 0.445. The number of carbonyl (C=O) groups is 2. The van der Waals surface area contributed by atoms with Gasteiger partial charge in [-0.1, -0.05) is 0 Å². The lowest BCUT2D eigenvalue weighted by atomic mass is 10.0. The number of rotatable bonds is 9. The van der Waals surface area contributed by atoms with Crippen molar-refractivity contribution in [3.05, 3.63) is 40.7 Å². The summed E-state index contributed by atoms with van der Waals surface area (Å²) in [7, 11) is 0.499. The van der Waals surface area contributed by atoms with Crippen LogP contribution in [0.25, 0.3) is 0 Å². The molecule has 0 aliphatic carbocycles. The first kappa shape index (κ1) is 24.4. The number of ether oxygens (including phenoxy) is 2. The molecule has 31 heavy (non-hydrogen) atoms. The molecule has 0 spiro atoms. The molecule has 10 heteroatoms. The molecule has 1 aromatic carbocycles. The highest BCUT2D eigenvalue weighted by molar-refractivity contribution is 7.89. The largest absolute Gasteiger partial charge is 0.495 e. The Kier molecular flexibility index (Phi) is 7.50. The molecule has 1 heterocycles. The van der Waals surface area contributed by atoms with Gasteiger partial charge in [0.2, 0.25) is 15.8 Å². The van der Waals surface area contributed by atoms with E-state index in [0.717, 1.165) is 4.31 Å². The van der Waals surface area contributed by atoms with Crippen molar-refractivity contribution in [1.29, 1.82) is 0 Å². The fourth-order valence-corrected chi connectivity index (χ4v) is 4.28. The van der Waals surface area contributed by atoms with Gasteiger partial charge < -0.3 is 19.8 Å². The van der Waals surface area contributed by atoms with Gasteiger partial charge in [-0.2, -0.15) is 0 Å². The third-order valence-electron chi connectivity index (χ3n) is 4.86. The minimum Gasteiger partial charge on any atom is -0.495 e. The average molecular weight is 452 g/mol. The first-order valence-electron chi connectivity index (χ1n) is 9.73. The summed E-state index contributed by atoms with van der Waals surface area (Å²) in [4.78, 5) is 28.2. The Hall–Kier alpha value is -2.85. The molecule has 9 nitrogen and oxygen atoms in total. The highest BCUT2D eigenvalue weighted by Crippen LogP contribution is 2.29. The lowest BCUT2D eigenvalue weighted by Crippen LogP contribution is -2.27. The standard InChI is InChI=1S/C21H29N3O6S/c1-8-30-21(26)18-12(2)19(23-13(18)3)20(25)14(4)22-15-9-10-16(29-7)17(11-15)31(27,28)24(5)6/h9-11,14,22-23H,8H2,1-7H3/t14-/m0/s1. The van der Waals surface area contributed by atoms with Gasteiger partial charge in [0.1, 0.15) is 10.6 Å². The van der Waals surface area contributed by atoms with E-state index in [1.807, 2.05) is 0 Å². The zero-order valence-corrected chi connectivity index (χ0v) is 19.6. The zero-order chi connectivity index (χ0) is 23.5. The monoisotopic (exact) mass is 451 g/mol. The molecule has 0 amide bonds. The molecule has 0 aliphatic heterocycles. The van der Waals surface area contributed by atoms with Crippen LogP contribution in [-0.2, 0) is 14.8 Å². The Bertz CT molecular complexity index is 1090. The van der Waals surface area contributed by atoms with Gasteiger partial charge in [-0.15, -0.1) is 0 Å². The van der Waals surface area contributed by atoms with Gasteiger partial charge in [-0.05, 0) is 51.5 Å². The summed E-state index contributed by atoms with van der Waals surface area (Å²) in [5, 5.41) is 3.03. The number of hydrogen-bond acceptors (Lipinski definition) is 7. The van der Waals surface area contributed by atoms with Gasteiger partial charge in [0.25, 0.3) is 0 Å². The number of aromatic nitrogens is 1. The number of benzene rings is 1. The molecule has 2 rings (SSSR count). The third kappa shape index (κ3) is 4.91. The minimum atomic E-state index is -3.75. The van der Waals surface area contributed by atoms with Crippen molar-refractivity contribution in [3.63, 3.8) is 0 Å². The lowest BCUT2D eigenvalue weighted by Gasteiger charge is -2.18. The molecular weight excluding hydrogens is 422 g/mol. The molecule has 0 aliphatic rings. The van der Waals surface area contributed by atoms with Gasteiger partial charge >= 0.3 is 5.97 Å². The van der Waals surface area contributed by atoms with E-state index in [-0.39, 0.29) is 23.0 Å². The number of aryl methyl sites for hydroxylation is 1. The van der Waals surface area contributed by atoms with Crippen LogP contribution < -0.4 is 10.1 Å². The van der Waals surface area contributed by atoms with Crippen LogP contribution in [0.15, 0.2) is 23.1 Å². The SMILES string of the molecule is CCOC(=O)c1c(C)[nH]c(C(=O)[C@H](C)Nc2ccc(OC)c(S(=O)(=O)N(C)C)c2)c1C. The maximum Gasteiger partial charge on any atom is 0.340 e. The summed E-state index contributed by atoms with van der Waals surface area (Å²) in [5.41, 5.74) is 2.15. The number of anilines is 1. The van der Waals surface area contributed by atoms with Crippen molar-refractivity contribution in [2.75, 3.05) is 33.1 Å². The van der Waals surface area contributed by atoms with Gasteiger partial charge in [-0.25, -0.2) is 17.5 Å². The van der Waals surface area contributed by atoms with Gasteiger partial charge in [0.15, 0.2) is 0 Å². The summed E-state index contributed by atoms with van der Waals surface area (Å²) in [6, 6.07) is 3.89. The van der Waals surface area contributed by atoms with Crippen LogP contribution in [0, 0.1) is 13.8 Å². The summed E-state index contributed by atoms with van der Waals surface area (Å²) in [6.45, 7) is 7.00. The molecule has 1 aromatic heterocycles. The molecular formula is C21H29N3O6S. The van der Waals surface area contributed by atoms with Crippen LogP contribution in [0.3, 0.4) is 0 Å². The highest BCUT2D eigenvalue weighted by atomic mass is 32.2. The Balaban J connectivity index is 2.34. The molecule has 0 unspecified atom stereocenters. The summed E-state index contributed by atoms with van der Waals surface area (Å²) >= 11 is 0. The van der Waals surface area contributed by atoms with E-state index in [1.54, 1.807) is 33.8 Å². The number of aromatic amines is 1. The maximum atomic E-state index is 13.0. The van der Waals surface area contributed by atoms with Crippen LogP contribution in [0.2, 0.25) is 0 Å². The minimum absolute atomic E-state index is 0.0128. The van der Waals surface area contributed by atoms with E-state index in [2.05, 4.69) is 10.3 Å². The van der Waals surface area contributed by atoms with E-state index in [4.69, 9.17) is 9.47 Å². The fraction of sp³-hybridized carbons (Fsp3) is 0.429. The molecule has 2 aromatic rings. The number of sulfonamides is 1. The number of carbonyl (C=O) groups excluding carboxylic acids is 2. The Morgan fingerprint density at radius 2 is 1.87 bits per heavy atom. The Morgan fingerprint density at radius 3 is 2.42 bits per heavy atom. The highest BCUT2D eigenvalue weighted by Gasteiger charge is 2.27. The second kappa shape index (κ2) is 9.52. The third-order valence-corrected chi connectivity index (χ3v) is 6.70. The molecule has 0 bridgehead atoms. The molecule has 1 atom stereocenters. The van der Waals surface area contributed by atoms with E-state index in [9.17, 15) is 18.0 Å². The molecule has 0 saturated heterocycles. The number of H-pyrrole nitrogens is 1. The van der Waals surface area contributed by atoms with E-state index < -0.39 is 22.0 Å². The van der Waals surface area contributed by atoms with Crippen molar-refractivity contribution in [2.45, 2.75) is 38.6 Å². The fourth-order valence-electron chi connectivity index (χ4n) is 3.20. The molecule has 0 saturated carbocycles. The Morgan fingerprint density at radius 1 is 1.23 bits per heavy atom. The van der Waals surface area contributed by atoms with Gasteiger partial charge in [0.05, 0.1) is 31.0 Å². The number of nitrogens with zero attached hydrogens (tertiary/aromatic N) is 1. The summed E-state index contributed by atoms with van der Waals surface area (Å²) in [6.07, 6.45) is 0. The lowest BCUT2D eigenvalue weighted by molar-refractivity contribution is 0.0525. The van der Waals surface area contributed by atoms with Crippen LogP contribution >= 0.6 is 0 Å². The van der Waals surface area contributed by atoms with Crippen molar-refractivity contribution < 1.29 is 27.5 Å². The predicted molar refractivity (Wildman–Crippen MR) is 118 cm³/mol. The smallest absolute Gasteiger partial charge is 0.340 e. The van der Waals surface area contributed by atoms with Gasteiger partial charge in [-0.3, -0.25) is 4.79 Å². The van der Waals surface area contributed by atoms with Crippen LogP contribution in [0.5, 0.6) is 5.75 Å². The maximum absolute atomic E-state index is 13.0. The number of esters is 1. The number of methoxy groups -OCH3 is 1. The number of nitrogens with one attached hydrogen (secondary N) is 2. The number of hydrogen-bond donors (Lipinski definition) is 2. The number of ketones is 1. The first-order valence-corrected chi connectivity index (χ1v) is 11.2. The van der Waals surface area contributed by atoms with Crippen molar-refractivity contribution in [1.82, 2.24) is 9.29 Å². The normalized spacial score (nSPS) is 12.5. The zero-order valence-electron chi connectivity index (χ0n) is 18.8. The first-order chi connectivity index (χ1) is 14.4. The molecule has 170 valence electrons. The number of Topliss-reactive ketones (excluding diaryl/α,β-unsaturated/α-hetero) is 1. The van der Waals surface area contributed by atoms with Crippen LogP contribution in [-0.4, -0.2) is 63.3 Å². The van der Waals surface area contributed by atoms with Gasteiger partial charge in [0, 0.05) is 25.5 Å². The van der Waals surface area contributed by atoms with Crippen LogP contribution in [0.1, 0.15) is 46.0 Å². The van der Waals surface area contributed by atoms with Crippen molar-refractivity contribution >= 4 is 27.5 Å². The predicted octanol–water partition coefficient (Wildman–Crippen LogP) is 2.75. The Labute approximate surface area is 182 Å². The van der Waals surface area contributed by atoms with E-state index in [1.165, 1.54) is 33.3 Å². The molecule has 2 N–H and O–H groups in total. The summed E-state index contributed by atoms with van der Waals surface area (Å²) in [5.74, 6) is -0.556. The van der Waals surface area contributed by atoms with Crippen molar-refractivity contribution in [2.24, 2.45) is 0 Å². The van der Waals surface area contributed by atoms with E-state index >= 15 is 0 Å². The molecule has 0 radical (unpaired) electrons. The second-order valence-corrected chi connectivity index (χ2v) is 9.35. The molecule has 0 fully saturated rings. The van der Waals surface area contributed by atoms with E-state index in [0.29, 0.717) is 28.2 Å². The summed E-state index contributed by atoms with van der Waals surface area (Å²) < 4.78 is 36.6. The average Bonchev–Trinajstić information content (AvgIpc) is 3.01. The van der Waals surface area contributed by atoms with Crippen molar-refractivity contribution in [3.8, 4) is 5.75 Å².